The first-order chi connectivity index (χ1) is 16.2. The van der Waals surface area contributed by atoms with Gasteiger partial charge >= 0.3 is 0 Å². The number of hydrogen-bond acceptors (Lipinski definition) is 7. The van der Waals surface area contributed by atoms with Gasteiger partial charge in [0, 0.05) is 23.5 Å². The lowest BCUT2D eigenvalue weighted by Crippen LogP contribution is -2.05. The fraction of sp³-hybridized carbons (Fsp3) is 0.125. The van der Waals surface area contributed by atoms with E-state index in [0.717, 1.165) is 21.8 Å². The van der Waals surface area contributed by atoms with Gasteiger partial charge in [-0.1, -0.05) is 71.0 Å². The molecule has 0 aliphatic heterocycles. The largest absolute Gasteiger partial charge is 0.338 e. The van der Waals surface area contributed by atoms with Crippen molar-refractivity contribution in [3.8, 4) is 22.8 Å². The molecule has 0 saturated carbocycles. The molecule has 0 aliphatic rings. The molecule has 1 atom stereocenters. The molecule has 3 aromatic heterocycles. The van der Waals surface area contributed by atoms with Crippen LogP contribution in [-0.4, -0.2) is 29.9 Å². The maximum absolute atomic E-state index is 6.48. The minimum Gasteiger partial charge on any atom is -0.338 e. The van der Waals surface area contributed by atoms with Gasteiger partial charge in [0.15, 0.2) is 11.0 Å². The summed E-state index contributed by atoms with van der Waals surface area (Å²) in [7, 11) is 0. The second-order valence-corrected chi connectivity index (χ2v) is 9.03. The summed E-state index contributed by atoms with van der Waals surface area (Å²) < 4.78 is 7.61. The topological polar surface area (TPSA) is 82.5 Å². The first-order valence-electron chi connectivity index (χ1n) is 10.3. The molecule has 0 N–H and O–H groups in total. The van der Waals surface area contributed by atoms with E-state index in [-0.39, 0.29) is 5.25 Å². The standard InChI is InChI=1S/C24H19ClN6OS/c1-16(23-27-21(30-32-23)18-11-13-26-14-12-18)33-24-29-28-22(19-9-5-6-10-20(19)25)31(24)15-17-7-3-2-4-8-17/h2-14,16H,15H2,1H3/t16-/m1/s1. The van der Waals surface area contributed by atoms with Gasteiger partial charge in [-0.05, 0) is 36.8 Å². The predicted octanol–water partition coefficient (Wildman–Crippen LogP) is 5.95. The average Bonchev–Trinajstić information content (AvgIpc) is 3.49. The van der Waals surface area contributed by atoms with Crippen LogP contribution >= 0.6 is 23.4 Å². The molecule has 5 rings (SSSR count). The molecule has 3 heterocycles. The van der Waals surface area contributed by atoms with Gasteiger partial charge in [0.25, 0.3) is 0 Å². The van der Waals surface area contributed by atoms with Crippen molar-refractivity contribution in [2.75, 3.05) is 0 Å². The number of aromatic nitrogens is 6. The molecule has 7 nitrogen and oxygen atoms in total. The third kappa shape index (κ3) is 4.67. The molecule has 5 aromatic rings. The third-order valence-corrected chi connectivity index (χ3v) is 6.42. The molecule has 164 valence electrons. The monoisotopic (exact) mass is 474 g/mol. The number of nitrogens with zero attached hydrogens (tertiary/aromatic N) is 6. The van der Waals surface area contributed by atoms with E-state index in [4.69, 9.17) is 16.1 Å². The summed E-state index contributed by atoms with van der Waals surface area (Å²) in [5.74, 6) is 1.75. The zero-order valence-corrected chi connectivity index (χ0v) is 19.2. The van der Waals surface area contributed by atoms with Crippen molar-refractivity contribution in [1.29, 1.82) is 0 Å². The van der Waals surface area contributed by atoms with Crippen LogP contribution in [0, 0.1) is 0 Å². The summed E-state index contributed by atoms with van der Waals surface area (Å²) in [6, 6.07) is 21.5. The SMILES string of the molecule is C[C@@H](Sc1nnc(-c2ccccc2Cl)n1Cc1ccccc1)c1nc(-c2ccncc2)no1. The predicted molar refractivity (Wildman–Crippen MR) is 128 cm³/mol. The fourth-order valence-corrected chi connectivity index (χ4v) is 4.45. The lowest BCUT2D eigenvalue weighted by Gasteiger charge is -2.12. The fourth-order valence-electron chi connectivity index (χ4n) is 3.35. The first kappa shape index (κ1) is 21.4. The van der Waals surface area contributed by atoms with E-state index >= 15 is 0 Å². The summed E-state index contributed by atoms with van der Waals surface area (Å²) in [5, 5.41) is 14.3. The Morgan fingerprint density at radius 2 is 1.73 bits per heavy atom. The molecule has 0 unspecified atom stereocenters. The number of hydrogen-bond donors (Lipinski definition) is 0. The molecule has 0 saturated heterocycles. The van der Waals surface area contributed by atoms with Crippen LogP contribution in [0.4, 0.5) is 0 Å². The van der Waals surface area contributed by atoms with E-state index in [1.54, 1.807) is 12.4 Å². The summed E-state index contributed by atoms with van der Waals surface area (Å²) in [4.78, 5) is 8.59. The number of benzene rings is 2. The van der Waals surface area contributed by atoms with Crippen LogP contribution in [0.25, 0.3) is 22.8 Å². The van der Waals surface area contributed by atoms with Gasteiger partial charge < -0.3 is 4.52 Å². The number of pyridine rings is 1. The quantitative estimate of drug-likeness (QED) is 0.270. The van der Waals surface area contributed by atoms with Crippen LogP contribution in [0.15, 0.2) is 88.8 Å². The third-order valence-electron chi connectivity index (χ3n) is 5.03. The van der Waals surface area contributed by atoms with E-state index < -0.39 is 0 Å². The molecule has 0 aliphatic carbocycles. The molecule has 0 bridgehead atoms. The second kappa shape index (κ2) is 9.56. The Morgan fingerprint density at radius 3 is 2.52 bits per heavy atom. The van der Waals surface area contributed by atoms with Crippen LogP contribution in [0.2, 0.25) is 5.02 Å². The van der Waals surface area contributed by atoms with Gasteiger partial charge in [0.1, 0.15) is 0 Å². The van der Waals surface area contributed by atoms with Crippen LogP contribution in [0.5, 0.6) is 0 Å². The van der Waals surface area contributed by atoms with Crippen molar-refractivity contribution in [3.05, 3.63) is 95.6 Å². The molecular weight excluding hydrogens is 456 g/mol. The van der Waals surface area contributed by atoms with E-state index in [1.165, 1.54) is 11.8 Å². The van der Waals surface area contributed by atoms with Gasteiger partial charge in [-0.3, -0.25) is 9.55 Å². The summed E-state index contributed by atoms with van der Waals surface area (Å²) in [6.45, 7) is 2.61. The van der Waals surface area contributed by atoms with Gasteiger partial charge in [0.05, 0.1) is 16.8 Å². The van der Waals surface area contributed by atoms with Crippen molar-refractivity contribution >= 4 is 23.4 Å². The zero-order valence-electron chi connectivity index (χ0n) is 17.7. The van der Waals surface area contributed by atoms with E-state index in [0.29, 0.717) is 29.1 Å². The Balaban J connectivity index is 1.46. The van der Waals surface area contributed by atoms with Crippen molar-refractivity contribution in [1.82, 2.24) is 29.9 Å². The smallest absolute Gasteiger partial charge is 0.240 e. The minimum absolute atomic E-state index is 0.133. The Bertz CT molecular complexity index is 1360. The molecule has 9 heteroatoms. The highest BCUT2D eigenvalue weighted by Gasteiger charge is 2.22. The molecule has 33 heavy (non-hydrogen) atoms. The lowest BCUT2D eigenvalue weighted by molar-refractivity contribution is 0.380. The Morgan fingerprint density at radius 1 is 0.970 bits per heavy atom. The van der Waals surface area contributed by atoms with Gasteiger partial charge in [-0.15, -0.1) is 10.2 Å². The van der Waals surface area contributed by atoms with Crippen molar-refractivity contribution < 1.29 is 4.52 Å². The summed E-state index contributed by atoms with van der Waals surface area (Å²) in [5.41, 5.74) is 2.82. The first-order valence-corrected chi connectivity index (χ1v) is 11.6. The Labute approximate surface area is 199 Å². The highest BCUT2D eigenvalue weighted by atomic mass is 35.5. The normalized spacial score (nSPS) is 12.1. The minimum atomic E-state index is -0.133. The molecule has 2 aromatic carbocycles. The van der Waals surface area contributed by atoms with Gasteiger partial charge in [0.2, 0.25) is 11.7 Å². The molecular formula is C24H19ClN6OS. The highest BCUT2D eigenvalue weighted by Crippen LogP contribution is 2.36. The van der Waals surface area contributed by atoms with Crippen molar-refractivity contribution in [3.63, 3.8) is 0 Å². The van der Waals surface area contributed by atoms with Gasteiger partial charge in [-0.2, -0.15) is 4.98 Å². The molecule has 0 radical (unpaired) electrons. The van der Waals surface area contributed by atoms with E-state index in [2.05, 4.69) is 42.0 Å². The Hall–Kier alpha value is -3.49. The number of rotatable bonds is 7. The molecule has 0 spiro atoms. The van der Waals surface area contributed by atoms with Crippen LogP contribution in [-0.2, 0) is 6.54 Å². The lowest BCUT2D eigenvalue weighted by atomic mass is 10.2. The van der Waals surface area contributed by atoms with Crippen molar-refractivity contribution in [2.45, 2.75) is 23.9 Å². The number of halogens is 1. The maximum Gasteiger partial charge on any atom is 0.240 e. The van der Waals surface area contributed by atoms with Crippen LogP contribution < -0.4 is 0 Å². The second-order valence-electron chi connectivity index (χ2n) is 7.31. The van der Waals surface area contributed by atoms with E-state index in [1.807, 2.05) is 61.5 Å². The van der Waals surface area contributed by atoms with Crippen LogP contribution in [0.3, 0.4) is 0 Å². The number of thioether (sulfide) groups is 1. The molecule has 0 fully saturated rings. The van der Waals surface area contributed by atoms with Gasteiger partial charge in [-0.25, -0.2) is 0 Å². The summed E-state index contributed by atoms with van der Waals surface area (Å²) >= 11 is 7.99. The Kier molecular flexibility index (Phi) is 6.19. The zero-order chi connectivity index (χ0) is 22.6. The average molecular weight is 475 g/mol. The maximum atomic E-state index is 6.48. The van der Waals surface area contributed by atoms with E-state index in [9.17, 15) is 0 Å². The highest BCUT2D eigenvalue weighted by molar-refractivity contribution is 7.99. The molecule has 0 amide bonds. The summed E-state index contributed by atoms with van der Waals surface area (Å²) in [6.07, 6.45) is 3.40. The van der Waals surface area contributed by atoms with Crippen molar-refractivity contribution in [2.24, 2.45) is 0 Å². The van der Waals surface area contributed by atoms with Crippen LogP contribution in [0.1, 0.15) is 23.6 Å².